The van der Waals surface area contributed by atoms with E-state index in [9.17, 15) is 15.0 Å². The second kappa shape index (κ2) is 5.28. The highest BCUT2D eigenvalue weighted by molar-refractivity contribution is 9.10. The summed E-state index contributed by atoms with van der Waals surface area (Å²) in [4.78, 5) is 13.7. The van der Waals surface area contributed by atoms with Crippen LogP contribution < -0.4 is 0 Å². The number of carbonyl (C=O) groups excluding carboxylic acids is 1. The Labute approximate surface area is 114 Å². The first-order chi connectivity index (χ1) is 8.47. The number of carbonyl (C=O) groups is 1. The molecule has 18 heavy (non-hydrogen) atoms. The molecule has 0 radical (unpaired) electrons. The molecule has 0 bridgehead atoms. The van der Waals surface area contributed by atoms with E-state index in [1.54, 1.807) is 24.1 Å². The van der Waals surface area contributed by atoms with Gasteiger partial charge in [-0.15, -0.1) is 0 Å². The summed E-state index contributed by atoms with van der Waals surface area (Å²) in [5.74, 6) is 0.155. The van der Waals surface area contributed by atoms with E-state index in [0.29, 0.717) is 18.0 Å². The smallest absolute Gasteiger partial charge is 0.257 e. The molecular weight excluding hydrogens is 298 g/mol. The fourth-order valence-electron chi connectivity index (χ4n) is 2.21. The molecule has 1 aromatic carbocycles. The summed E-state index contributed by atoms with van der Waals surface area (Å²) >= 11 is 3.24. The Morgan fingerprint density at radius 1 is 1.50 bits per heavy atom. The lowest BCUT2D eigenvalue weighted by Crippen LogP contribution is -2.39. The van der Waals surface area contributed by atoms with Crippen molar-refractivity contribution in [2.45, 2.75) is 18.9 Å². The fourth-order valence-corrected chi connectivity index (χ4v) is 2.56. The van der Waals surface area contributed by atoms with Crippen LogP contribution in [0.15, 0.2) is 22.7 Å². The zero-order valence-electron chi connectivity index (χ0n) is 10.1. The lowest BCUT2D eigenvalue weighted by Gasteiger charge is -2.34. The van der Waals surface area contributed by atoms with Crippen molar-refractivity contribution in [2.75, 3.05) is 13.6 Å². The molecule has 98 valence electrons. The molecule has 0 saturated heterocycles. The Morgan fingerprint density at radius 3 is 2.72 bits per heavy atom. The largest absolute Gasteiger partial charge is 0.507 e. The maximum absolute atomic E-state index is 12.1. The van der Waals surface area contributed by atoms with E-state index < -0.39 is 0 Å². The van der Waals surface area contributed by atoms with Gasteiger partial charge in [0.05, 0.1) is 11.7 Å². The van der Waals surface area contributed by atoms with Crippen LogP contribution in [0.3, 0.4) is 0 Å². The van der Waals surface area contributed by atoms with Crippen LogP contribution in [0.4, 0.5) is 0 Å². The predicted molar refractivity (Wildman–Crippen MR) is 71.5 cm³/mol. The lowest BCUT2D eigenvalue weighted by molar-refractivity contribution is 0.0264. The maximum atomic E-state index is 12.1. The van der Waals surface area contributed by atoms with Gasteiger partial charge in [-0.05, 0) is 37.0 Å². The van der Waals surface area contributed by atoms with Crippen molar-refractivity contribution in [3.63, 3.8) is 0 Å². The number of aromatic hydroxyl groups is 1. The van der Waals surface area contributed by atoms with Crippen LogP contribution in [0.25, 0.3) is 0 Å². The van der Waals surface area contributed by atoms with Crippen LogP contribution in [0.2, 0.25) is 0 Å². The fraction of sp³-hybridized carbons (Fsp3) is 0.462. The summed E-state index contributed by atoms with van der Waals surface area (Å²) in [6.07, 6.45) is 1.30. The highest BCUT2D eigenvalue weighted by atomic mass is 79.9. The van der Waals surface area contributed by atoms with Crippen molar-refractivity contribution in [1.29, 1.82) is 0 Å². The SMILES string of the molecule is CN(CC1CC(O)C1)C(=O)c1ccc(Br)cc1O. The third kappa shape index (κ3) is 2.84. The minimum Gasteiger partial charge on any atom is -0.507 e. The number of amides is 1. The van der Waals surface area contributed by atoms with Crippen LogP contribution in [0.1, 0.15) is 23.2 Å². The van der Waals surface area contributed by atoms with Crippen molar-refractivity contribution in [3.8, 4) is 5.75 Å². The molecule has 0 heterocycles. The van der Waals surface area contributed by atoms with Gasteiger partial charge >= 0.3 is 0 Å². The highest BCUT2D eigenvalue weighted by Crippen LogP contribution is 2.29. The number of hydrogen-bond donors (Lipinski definition) is 2. The molecule has 0 unspecified atom stereocenters. The van der Waals surface area contributed by atoms with Crippen molar-refractivity contribution in [3.05, 3.63) is 28.2 Å². The second-order valence-corrected chi connectivity index (χ2v) is 5.75. The molecule has 2 N–H and O–H groups in total. The first-order valence-corrected chi connectivity index (χ1v) is 6.68. The Bertz CT molecular complexity index is 458. The third-order valence-corrected chi connectivity index (χ3v) is 3.77. The number of aliphatic hydroxyl groups excluding tert-OH is 1. The highest BCUT2D eigenvalue weighted by Gasteiger charge is 2.29. The molecule has 1 aliphatic carbocycles. The average molecular weight is 314 g/mol. The third-order valence-electron chi connectivity index (χ3n) is 3.28. The minimum atomic E-state index is -0.209. The molecule has 1 amide bonds. The van der Waals surface area contributed by atoms with Crippen LogP contribution >= 0.6 is 15.9 Å². The van der Waals surface area contributed by atoms with Crippen molar-refractivity contribution >= 4 is 21.8 Å². The summed E-state index contributed by atoms with van der Waals surface area (Å²) in [6.45, 7) is 0.616. The molecular formula is C13H16BrNO3. The maximum Gasteiger partial charge on any atom is 0.257 e. The van der Waals surface area contributed by atoms with E-state index in [1.165, 1.54) is 6.07 Å². The zero-order valence-corrected chi connectivity index (χ0v) is 11.7. The van der Waals surface area contributed by atoms with E-state index in [4.69, 9.17) is 0 Å². The van der Waals surface area contributed by atoms with E-state index in [1.807, 2.05) is 0 Å². The monoisotopic (exact) mass is 313 g/mol. The summed E-state index contributed by atoms with van der Waals surface area (Å²) in [5, 5.41) is 19.0. The number of aliphatic hydroxyl groups is 1. The minimum absolute atomic E-state index is 0.0186. The van der Waals surface area contributed by atoms with Gasteiger partial charge in [-0.25, -0.2) is 0 Å². The van der Waals surface area contributed by atoms with E-state index in [0.717, 1.165) is 17.3 Å². The molecule has 0 spiro atoms. The second-order valence-electron chi connectivity index (χ2n) is 4.84. The van der Waals surface area contributed by atoms with E-state index in [2.05, 4.69) is 15.9 Å². The van der Waals surface area contributed by atoms with Crippen LogP contribution in [0, 0.1) is 5.92 Å². The normalized spacial score (nSPS) is 22.4. The first kappa shape index (κ1) is 13.4. The van der Waals surface area contributed by atoms with Crippen LogP contribution in [0.5, 0.6) is 5.75 Å². The van der Waals surface area contributed by atoms with Crippen molar-refractivity contribution in [1.82, 2.24) is 4.90 Å². The topological polar surface area (TPSA) is 60.8 Å². The van der Waals surface area contributed by atoms with Gasteiger partial charge in [0.15, 0.2) is 0 Å². The number of hydrogen-bond acceptors (Lipinski definition) is 3. The number of nitrogens with zero attached hydrogens (tertiary/aromatic N) is 1. The van der Waals surface area contributed by atoms with Crippen LogP contribution in [-0.2, 0) is 0 Å². The Balaban J connectivity index is 2.01. The molecule has 4 nitrogen and oxygen atoms in total. The van der Waals surface area contributed by atoms with Gasteiger partial charge in [-0.2, -0.15) is 0 Å². The molecule has 1 aromatic rings. The number of benzene rings is 1. The molecule has 2 rings (SSSR count). The average Bonchev–Trinajstić information content (AvgIpc) is 2.26. The molecule has 1 fully saturated rings. The van der Waals surface area contributed by atoms with Crippen molar-refractivity contribution < 1.29 is 15.0 Å². The lowest BCUT2D eigenvalue weighted by atomic mass is 9.82. The number of rotatable bonds is 3. The van der Waals surface area contributed by atoms with E-state index >= 15 is 0 Å². The van der Waals surface area contributed by atoms with Gasteiger partial charge in [0.25, 0.3) is 5.91 Å². The first-order valence-electron chi connectivity index (χ1n) is 5.89. The van der Waals surface area contributed by atoms with Crippen LogP contribution in [-0.4, -0.2) is 40.7 Å². The van der Waals surface area contributed by atoms with Gasteiger partial charge in [0, 0.05) is 18.1 Å². The van der Waals surface area contributed by atoms with Crippen molar-refractivity contribution in [2.24, 2.45) is 5.92 Å². The number of phenols is 1. The summed E-state index contributed by atoms with van der Waals surface area (Å²) in [7, 11) is 1.72. The zero-order chi connectivity index (χ0) is 13.3. The summed E-state index contributed by atoms with van der Waals surface area (Å²) < 4.78 is 0.737. The summed E-state index contributed by atoms with van der Waals surface area (Å²) in [6, 6.07) is 4.84. The molecule has 0 atom stereocenters. The Kier molecular flexibility index (Phi) is 3.92. The Morgan fingerprint density at radius 2 is 2.17 bits per heavy atom. The molecule has 5 heteroatoms. The van der Waals surface area contributed by atoms with Gasteiger partial charge in [0.1, 0.15) is 5.75 Å². The molecule has 0 aromatic heterocycles. The van der Waals surface area contributed by atoms with Gasteiger partial charge < -0.3 is 15.1 Å². The Hall–Kier alpha value is -1.07. The molecule has 1 saturated carbocycles. The summed E-state index contributed by atoms with van der Waals surface area (Å²) in [5.41, 5.74) is 0.306. The van der Waals surface area contributed by atoms with Gasteiger partial charge in [-0.1, -0.05) is 15.9 Å². The standard InChI is InChI=1S/C13H16BrNO3/c1-15(7-8-4-10(16)5-8)13(18)11-3-2-9(14)6-12(11)17/h2-3,6,8,10,16-17H,4-5,7H2,1H3. The van der Waals surface area contributed by atoms with Gasteiger partial charge in [-0.3, -0.25) is 4.79 Å². The van der Waals surface area contributed by atoms with Gasteiger partial charge in [0.2, 0.25) is 0 Å². The van der Waals surface area contributed by atoms with E-state index in [-0.39, 0.29) is 17.8 Å². The molecule has 0 aliphatic heterocycles. The molecule has 1 aliphatic rings. The number of halogens is 1. The predicted octanol–water partition coefficient (Wildman–Crippen LogP) is 2.00. The quantitative estimate of drug-likeness (QED) is 0.897. The number of phenolic OH excluding ortho intramolecular Hbond substituents is 1.